The van der Waals surface area contributed by atoms with Gasteiger partial charge in [0.05, 0.1) is 0 Å². The SMILES string of the molecule is CC(C)(C)OC(=O)C(I)(C(=O)OC(C)(C)C)c1ccc2nnnn2n1. The highest BCUT2D eigenvalue weighted by molar-refractivity contribution is 14.1. The Kier molecular flexibility index (Phi) is 5.04. The number of halogens is 1. The molecule has 0 spiro atoms. The molecular weight excluding hydrogens is 441 g/mol. The lowest BCUT2D eigenvalue weighted by Gasteiger charge is -2.30. The van der Waals surface area contributed by atoms with Gasteiger partial charge in [-0.15, -0.1) is 14.8 Å². The van der Waals surface area contributed by atoms with Crippen LogP contribution in [0, 0.1) is 0 Å². The van der Waals surface area contributed by atoms with Gasteiger partial charge in [-0.05, 0) is 86.7 Å². The Balaban J connectivity index is 2.54. The van der Waals surface area contributed by atoms with Crippen LogP contribution in [0.3, 0.4) is 0 Å². The highest BCUT2D eigenvalue weighted by Gasteiger charge is 2.52. The van der Waals surface area contributed by atoms with Crippen LogP contribution < -0.4 is 0 Å². The lowest BCUT2D eigenvalue weighted by molar-refractivity contribution is -0.171. The van der Waals surface area contributed by atoms with Crippen molar-refractivity contribution >= 4 is 40.2 Å². The van der Waals surface area contributed by atoms with E-state index >= 15 is 0 Å². The molecule has 0 aliphatic carbocycles. The number of tetrazole rings is 1. The van der Waals surface area contributed by atoms with Crippen molar-refractivity contribution in [1.29, 1.82) is 0 Å². The molecule has 0 aromatic carbocycles. The normalized spacial score (nSPS) is 12.9. The van der Waals surface area contributed by atoms with Crippen LogP contribution in [0.5, 0.6) is 0 Å². The van der Waals surface area contributed by atoms with Gasteiger partial charge in [-0.25, -0.2) is 9.59 Å². The van der Waals surface area contributed by atoms with E-state index in [1.54, 1.807) is 70.2 Å². The highest BCUT2D eigenvalue weighted by atomic mass is 127. The Hall–Kier alpha value is -1.85. The first kappa shape index (κ1) is 19.5. The van der Waals surface area contributed by atoms with Gasteiger partial charge in [-0.1, -0.05) is 0 Å². The highest BCUT2D eigenvalue weighted by Crippen LogP contribution is 2.36. The Morgan fingerprint density at radius 2 is 1.52 bits per heavy atom. The molecule has 25 heavy (non-hydrogen) atoms. The Morgan fingerprint density at radius 1 is 1.00 bits per heavy atom. The molecule has 136 valence electrons. The van der Waals surface area contributed by atoms with E-state index in [4.69, 9.17) is 9.47 Å². The summed E-state index contributed by atoms with van der Waals surface area (Å²) in [5.74, 6) is -1.54. The van der Waals surface area contributed by atoms with Crippen molar-refractivity contribution in [2.24, 2.45) is 0 Å². The van der Waals surface area contributed by atoms with Crippen LogP contribution in [0.15, 0.2) is 12.1 Å². The molecule has 0 aliphatic heterocycles. The summed E-state index contributed by atoms with van der Waals surface area (Å²) >= 11 is 1.71. The number of carbonyl (C=O) groups excluding carboxylic acids is 2. The third kappa shape index (κ3) is 4.41. The smallest absolute Gasteiger partial charge is 0.340 e. The van der Waals surface area contributed by atoms with Gasteiger partial charge in [0.1, 0.15) is 16.9 Å². The zero-order valence-electron chi connectivity index (χ0n) is 14.9. The van der Waals surface area contributed by atoms with Gasteiger partial charge < -0.3 is 9.47 Å². The number of ether oxygens (including phenoxy) is 2. The number of esters is 2. The molecular formula is C15H20IN5O4. The Labute approximate surface area is 158 Å². The maximum absolute atomic E-state index is 12.9. The molecule has 0 unspecified atom stereocenters. The van der Waals surface area contributed by atoms with Crippen molar-refractivity contribution in [3.63, 3.8) is 0 Å². The molecule has 0 fully saturated rings. The van der Waals surface area contributed by atoms with Crippen molar-refractivity contribution in [2.45, 2.75) is 56.2 Å². The fraction of sp³-hybridized carbons (Fsp3) is 0.600. The van der Waals surface area contributed by atoms with Gasteiger partial charge in [0.15, 0.2) is 5.65 Å². The summed E-state index contributed by atoms with van der Waals surface area (Å²) in [5, 5.41) is 15.1. The zero-order valence-corrected chi connectivity index (χ0v) is 17.1. The summed E-state index contributed by atoms with van der Waals surface area (Å²) in [4.78, 5) is 25.7. The number of hydrogen-bond donors (Lipinski definition) is 0. The minimum absolute atomic E-state index is 0.122. The fourth-order valence-electron chi connectivity index (χ4n) is 1.82. The molecule has 2 rings (SSSR count). The van der Waals surface area contributed by atoms with Crippen molar-refractivity contribution in [1.82, 2.24) is 25.3 Å². The summed E-state index contributed by atoms with van der Waals surface area (Å²) in [6, 6.07) is 3.07. The third-order valence-electron chi connectivity index (χ3n) is 2.78. The van der Waals surface area contributed by atoms with Crippen molar-refractivity contribution in [3.8, 4) is 0 Å². The maximum atomic E-state index is 12.9. The number of fused-ring (bicyclic) bond motifs is 1. The average Bonchev–Trinajstić information content (AvgIpc) is 2.89. The summed E-state index contributed by atoms with van der Waals surface area (Å²) in [5.41, 5.74) is -1.06. The van der Waals surface area contributed by atoms with Crippen LogP contribution in [0.25, 0.3) is 5.65 Å². The van der Waals surface area contributed by atoms with Crippen LogP contribution >= 0.6 is 22.6 Å². The minimum atomic E-state index is -1.79. The predicted octanol–water partition coefficient (Wildman–Crippen LogP) is 1.83. The summed E-state index contributed by atoms with van der Waals surface area (Å²) < 4.78 is 10.2. The zero-order chi connectivity index (χ0) is 19.0. The first-order chi connectivity index (χ1) is 11.3. The van der Waals surface area contributed by atoms with Gasteiger partial charge in [0.2, 0.25) is 0 Å². The van der Waals surface area contributed by atoms with Gasteiger partial charge >= 0.3 is 11.9 Å². The largest absolute Gasteiger partial charge is 0.458 e. The monoisotopic (exact) mass is 461 g/mol. The van der Waals surface area contributed by atoms with E-state index in [-0.39, 0.29) is 5.69 Å². The second-order valence-electron chi connectivity index (χ2n) is 7.41. The molecule has 0 atom stereocenters. The summed E-state index contributed by atoms with van der Waals surface area (Å²) in [7, 11) is 0. The quantitative estimate of drug-likeness (QED) is 0.295. The number of nitrogens with zero attached hydrogens (tertiary/aromatic N) is 5. The van der Waals surface area contributed by atoms with E-state index in [1.165, 1.54) is 6.07 Å². The van der Waals surface area contributed by atoms with E-state index in [1.807, 2.05) is 0 Å². The lowest BCUT2D eigenvalue weighted by Crippen LogP contribution is -2.46. The first-order valence-electron chi connectivity index (χ1n) is 7.55. The molecule has 9 nitrogen and oxygen atoms in total. The molecule has 0 radical (unpaired) electrons. The van der Waals surface area contributed by atoms with Gasteiger partial charge in [-0.3, -0.25) is 0 Å². The number of carbonyl (C=O) groups is 2. The van der Waals surface area contributed by atoms with Gasteiger partial charge in [0, 0.05) is 0 Å². The molecule has 0 aliphatic rings. The number of aromatic nitrogens is 5. The van der Waals surface area contributed by atoms with Crippen LogP contribution in [-0.2, 0) is 22.5 Å². The van der Waals surface area contributed by atoms with E-state index in [9.17, 15) is 9.59 Å². The molecule has 0 saturated carbocycles. The van der Waals surface area contributed by atoms with Gasteiger partial charge in [-0.2, -0.15) is 0 Å². The second kappa shape index (κ2) is 6.46. The molecule has 2 aromatic rings. The molecule has 2 heterocycles. The predicted molar refractivity (Wildman–Crippen MR) is 96.0 cm³/mol. The average molecular weight is 461 g/mol. The van der Waals surface area contributed by atoms with Crippen LogP contribution in [-0.4, -0.2) is 48.4 Å². The number of alkyl halides is 1. The van der Waals surface area contributed by atoms with E-state index < -0.39 is 26.6 Å². The number of hydrogen-bond acceptors (Lipinski definition) is 8. The first-order valence-corrected chi connectivity index (χ1v) is 8.62. The molecule has 2 aromatic heterocycles. The van der Waals surface area contributed by atoms with Crippen molar-refractivity contribution < 1.29 is 19.1 Å². The van der Waals surface area contributed by atoms with E-state index in [0.29, 0.717) is 5.65 Å². The second-order valence-corrected chi connectivity index (χ2v) is 9.03. The van der Waals surface area contributed by atoms with Crippen molar-refractivity contribution in [2.75, 3.05) is 0 Å². The molecule has 0 bridgehead atoms. The fourth-order valence-corrected chi connectivity index (χ4v) is 2.33. The maximum Gasteiger partial charge on any atom is 0.340 e. The minimum Gasteiger partial charge on any atom is -0.458 e. The van der Waals surface area contributed by atoms with Crippen LogP contribution in [0.2, 0.25) is 0 Å². The molecule has 0 N–H and O–H groups in total. The Bertz CT molecular complexity index is 778. The summed E-state index contributed by atoms with van der Waals surface area (Å²) in [6.07, 6.45) is 0. The molecule has 10 heteroatoms. The van der Waals surface area contributed by atoms with Crippen molar-refractivity contribution in [3.05, 3.63) is 17.8 Å². The standard InChI is InChI=1S/C15H20IN5O4/c1-13(2,3)24-11(22)15(16,12(23)25-14(4,5)6)9-7-8-10-17-19-20-21(10)18-9/h7-8H,1-6H3. The van der Waals surface area contributed by atoms with Gasteiger partial charge in [0.25, 0.3) is 3.42 Å². The lowest BCUT2D eigenvalue weighted by atomic mass is 10.0. The third-order valence-corrected chi connectivity index (χ3v) is 4.22. The van der Waals surface area contributed by atoms with E-state index in [2.05, 4.69) is 20.6 Å². The molecule has 0 saturated heterocycles. The molecule has 0 amide bonds. The topological polar surface area (TPSA) is 109 Å². The van der Waals surface area contributed by atoms with Crippen LogP contribution in [0.4, 0.5) is 0 Å². The number of rotatable bonds is 3. The summed E-state index contributed by atoms with van der Waals surface area (Å²) in [6.45, 7) is 10.3. The van der Waals surface area contributed by atoms with E-state index in [0.717, 1.165) is 4.63 Å². The Morgan fingerprint density at radius 3 is 2.00 bits per heavy atom. The van der Waals surface area contributed by atoms with Crippen LogP contribution in [0.1, 0.15) is 47.2 Å².